The molecule has 0 atom stereocenters. The molecule has 0 spiro atoms. The van der Waals surface area contributed by atoms with Crippen LogP contribution in [0.5, 0.6) is 0 Å². The van der Waals surface area contributed by atoms with Gasteiger partial charge in [0.05, 0.1) is 0 Å². The number of rotatable bonds is 2. The number of hydrazine groups is 1. The van der Waals surface area contributed by atoms with E-state index < -0.39 is 0 Å². The van der Waals surface area contributed by atoms with Crippen molar-refractivity contribution in [1.29, 1.82) is 0 Å². The number of hydrogen-bond donors (Lipinski definition) is 2. The number of hydrogen-bond acceptors (Lipinski definition) is 3. The highest BCUT2D eigenvalue weighted by molar-refractivity contribution is 5.79. The van der Waals surface area contributed by atoms with E-state index >= 15 is 0 Å². The van der Waals surface area contributed by atoms with Crippen molar-refractivity contribution in [2.75, 3.05) is 0 Å². The largest absolute Gasteiger partial charge is 0.327 e. The van der Waals surface area contributed by atoms with Crippen LogP contribution in [0.25, 0.3) is 0 Å². The Morgan fingerprint density at radius 1 is 1.44 bits per heavy atom. The molecular formula is C6H13N3. The monoisotopic (exact) mass is 127 g/mol. The van der Waals surface area contributed by atoms with Crippen LogP contribution in [-0.2, 0) is 0 Å². The smallest absolute Gasteiger partial charge is 0.0467 e. The zero-order chi connectivity index (χ0) is 7.28. The Kier molecular flexibility index (Phi) is 3.71. The molecule has 0 aliphatic heterocycles. The number of aliphatic imine (C=N–C) groups is 1. The molecule has 3 heteroatoms. The normalized spacial score (nSPS) is 10.9. The van der Waals surface area contributed by atoms with Crippen molar-refractivity contribution in [1.82, 2.24) is 5.43 Å². The van der Waals surface area contributed by atoms with Gasteiger partial charge in [-0.05, 0) is 20.8 Å². The van der Waals surface area contributed by atoms with Crippen molar-refractivity contribution < 1.29 is 0 Å². The average Bonchev–Trinajstić information content (AvgIpc) is 1.83. The second-order valence-corrected chi connectivity index (χ2v) is 2.03. The summed E-state index contributed by atoms with van der Waals surface area (Å²) in [4.78, 5) is 4.01. The van der Waals surface area contributed by atoms with Gasteiger partial charge in [-0.2, -0.15) is 0 Å². The summed E-state index contributed by atoms with van der Waals surface area (Å²) in [6, 6.07) is 0. The Hall–Kier alpha value is -0.830. The van der Waals surface area contributed by atoms with E-state index in [-0.39, 0.29) is 0 Å². The summed E-state index contributed by atoms with van der Waals surface area (Å²) in [6.07, 6.45) is 1.69. The summed E-state index contributed by atoms with van der Waals surface area (Å²) in [5, 5.41) is 0. The van der Waals surface area contributed by atoms with E-state index in [0.717, 1.165) is 11.4 Å². The van der Waals surface area contributed by atoms with Crippen LogP contribution < -0.4 is 11.3 Å². The number of nitrogens with one attached hydrogen (secondary N) is 1. The average molecular weight is 127 g/mol. The van der Waals surface area contributed by atoms with Gasteiger partial charge >= 0.3 is 0 Å². The van der Waals surface area contributed by atoms with E-state index in [1.54, 1.807) is 6.20 Å². The van der Waals surface area contributed by atoms with Gasteiger partial charge in [-0.15, -0.1) is 0 Å². The molecule has 0 aliphatic rings. The molecule has 52 valence electrons. The molecule has 3 N–H and O–H groups in total. The van der Waals surface area contributed by atoms with Crippen molar-refractivity contribution in [2.24, 2.45) is 10.8 Å². The summed E-state index contributed by atoms with van der Waals surface area (Å²) in [5.74, 6) is 5.07. The molecule has 0 heterocycles. The lowest BCUT2D eigenvalue weighted by atomic mass is 10.5. The molecule has 0 amide bonds. The summed E-state index contributed by atoms with van der Waals surface area (Å²) in [7, 11) is 0. The van der Waals surface area contributed by atoms with Gasteiger partial charge in [-0.25, -0.2) is 0 Å². The van der Waals surface area contributed by atoms with Crippen LogP contribution in [0.4, 0.5) is 0 Å². The fourth-order valence-corrected chi connectivity index (χ4v) is 0.263. The standard InChI is InChI=1S/C6H13N3/c1-5(2)8-4-6(3)9-7/h4,9H,7H2,1-3H3/b6-4-. The molecule has 0 fully saturated rings. The molecule has 0 saturated heterocycles. The molecule has 0 saturated carbocycles. The lowest BCUT2D eigenvalue weighted by molar-refractivity contribution is 0.880. The summed E-state index contributed by atoms with van der Waals surface area (Å²) in [6.45, 7) is 5.72. The minimum atomic E-state index is 0.858. The zero-order valence-corrected chi connectivity index (χ0v) is 6.10. The maximum Gasteiger partial charge on any atom is 0.0467 e. The molecule has 0 radical (unpaired) electrons. The van der Waals surface area contributed by atoms with Crippen molar-refractivity contribution in [2.45, 2.75) is 20.8 Å². The van der Waals surface area contributed by atoms with E-state index in [1.807, 2.05) is 20.8 Å². The maximum atomic E-state index is 5.07. The van der Waals surface area contributed by atoms with Crippen LogP contribution in [0.2, 0.25) is 0 Å². The molecule has 0 bridgehead atoms. The maximum absolute atomic E-state index is 5.07. The van der Waals surface area contributed by atoms with Gasteiger partial charge in [0.2, 0.25) is 0 Å². The Bertz CT molecular complexity index is 131. The quantitative estimate of drug-likeness (QED) is 0.327. The zero-order valence-electron chi connectivity index (χ0n) is 6.10. The van der Waals surface area contributed by atoms with Crippen LogP contribution in [0.15, 0.2) is 16.9 Å². The number of nitrogens with zero attached hydrogens (tertiary/aromatic N) is 1. The van der Waals surface area contributed by atoms with Crippen LogP contribution >= 0.6 is 0 Å². The second-order valence-electron chi connectivity index (χ2n) is 2.03. The van der Waals surface area contributed by atoms with Crippen molar-refractivity contribution in [3.05, 3.63) is 11.9 Å². The first kappa shape index (κ1) is 8.17. The highest BCUT2D eigenvalue weighted by Crippen LogP contribution is 1.84. The molecule has 9 heavy (non-hydrogen) atoms. The molecule has 0 unspecified atom stereocenters. The third-order valence-electron chi connectivity index (χ3n) is 0.744. The lowest BCUT2D eigenvalue weighted by Gasteiger charge is -1.93. The van der Waals surface area contributed by atoms with Gasteiger partial charge < -0.3 is 5.43 Å². The summed E-state index contributed by atoms with van der Waals surface area (Å²) < 4.78 is 0. The summed E-state index contributed by atoms with van der Waals surface area (Å²) in [5.41, 5.74) is 4.35. The molecule has 0 aromatic rings. The third kappa shape index (κ3) is 5.03. The highest BCUT2D eigenvalue weighted by Gasteiger charge is 1.77. The van der Waals surface area contributed by atoms with Gasteiger partial charge in [-0.1, -0.05) is 0 Å². The predicted octanol–water partition coefficient (Wildman–Crippen LogP) is 0.792. The van der Waals surface area contributed by atoms with Gasteiger partial charge in [0.1, 0.15) is 0 Å². The number of allylic oxidation sites excluding steroid dienone is 1. The van der Waals surface area contributed by atoms with Crippen LogP contribution in [-0.4, -0.2) is 5.71 Å². The SMILES string of the molecule is CC(C)=N/C=C(/C)NN. The second kappa shape index (κ2) is 4.09. The molecule has 0 aromatic heterocycles. The minimum Gasteiger partial charge on any atom is -0.327 e. The summed E-state index contributed by atoms with van der Waals surface area (Å²) >= 11 is 0. The van der Waals surface area contributed by atoms with Crippen LogP contribution in [0.3, 0.4) is 0 Å². The molecular weight excluding hydrogens is 114 g/mol. The van der Waals surface area contributed by atoms with E-state index in [9.17, 15) is 0 Å². The van der Waals surface area contributed by atoms with Gasteiger partial charge in [0.15, 0.2) is 0 Å². The van der Waals surface area contributed by atoms with E-state index in [4.69, 9.17) is 5.84 Å². The van der Waals surface area contributed by atoms with Gasteiger partial charge in [-0.3, -0.25) is 10.8 Å². The Labute approximate surface area is 55.6 Å². The lowest BCUT2D eigenvalue weighted by Crippen LogP contribution is -2.18. The Morgan fingerprint density at radius 2 is 2.00 bits per heavy atom. The molecule has 0 aliphatic carbocycles. The molecule has 0 rings (SSSR count). The third-order valence-corrected chi connectivity index (χ3v) is 0.744. The predicted molar refractivity (Wildman–Crippen MR) is 39.9 cm³/mol. The fourth-order valence-electron chi connectivity index (χ4n) is 0.263. The molecule has 3 nitrogen and oxygen atoms in total. The topological polar surface area (TPSA) is 50.4 Å². The van der Waals surface area contributed by atoms with E-state index in [1.165, 1.54) is 0 Å². The minimum absolute atomic E-state index is 0.858. The first-order chi connectivity index (χ1) is 4.16. The fraction of sp³-hybridized carbons (Fsp3) is 0.500. The molecule has 0 aromatic carbocycles. The first-order valence-corrected chi connectivity index (χ1v) is 2.81. The van der Waals surface area contributed by atoms with Gasteiger partial charge in [0, 0.05) is 17.6 Å². The van der Waals surface area contributed by atoms with Crippen molar-refractivity contribution >= 4 is 5.71 Å². The Morgan fingerprint density at radius 3 is 2.33 bits per heavy atom. The van der Waals surface area contributed by atoms with Gasteiger partial charge in [0.25, 0.3) is 0 Å². The van der Waals surface area contributed by atoms with E-state index in [2.05, 4.69) is 10.4 Å². The van der Waals surface area contributed by atoms with Crippen LogP contribution in [0.1, 0.15) is 20.8 Å². The van der Waals surface area contributed by atoms with E-state index in [0.29, 0.717) is 0 Å². The first-order valence-electron chi connectivity index (χ1n) is 2.81. The van der Waals surface area contributed by atoms with Crippen LogP contribution in [0, 0.1) is 0 Å². The Balaban J connectivity index is 3.83. The van der Waals surface area contributed by atoms with Crippen molar-refractivity contribution in [3.63, 3.8) is 0 Å². The number of nitrogens with two attached hydrogens (primary N) is 1. The van der Waals surface area contributed by atoms with Crippen molar-refractivity contribution in [3.8, 4) is 0 Å². The highest BCUT2D eigenvalue weighted by atomic mass is 15.2.